The fourth-order valence-electron chi connectivity index (χ4n) is 2.80. The van der Waals surface area contributed by atoms with Gasteiger partial charge in [-0.1, -0.05) is 36.4 Å². The Bertz CT molecular complexity index is 930. The number of phenols is 1. The molecule has 0 spiro atoms. The van der Waals surface area contributed by atoms with Gasteiger partial charge in [-0.05, 0) is 74.2 Å². The highest BCUT2D eigenvalue weighted by Gasteiger charge is 2.35. The molecule has 0 fully saturated rings. The standard InChI is InChI=1S/C22H23O5P/c1-15-7-5-8-16(2)21(15)26-28(24,25-20-13-11-19(23)12-14-20)27-22-17(3)9-6-10-18(22)4/h5-14,23H,1-4H3. The number of phenolic OH excluding ortho intramolecular Hbond substituents is 1. The Kier molecular flexibility index (Phi) is 5.66. The van der Waals surface area contributed by atoms with E-state index in [0.29, 0.717) is 11.5 Å². The van der Waals surface area contributed by atoms with Gasteiger partial charge in [0.1, 0.15) is 23.0 Å². The van der Waals surface area contributed by atoms with Crippen LogP contribution in [0.3, 0.4) is 0 Å². The van der Waals surface area contributed by atoms with Crippen LogP contribution in [0.1, 0.15) is 22.3 Å². The summed E-state index contributed by atoms with van der Waals surface area (Å²) >= 11 is 0. The summed E-state index contributed by atoms with van der Waals surface area (Å²) in [5, 5.41) is 9.48. The molecule has 0 amide bonds. The second-order valence-corrected chi connectivity index (χ2v) is 8.10. The molecule has 146 valence electrons. The van der Waals surface area contributed by atoms with E-state index in [1.165, 1.54) is 24.3 Å². The molecule has 0 radical (unpaired) electrons. The highest BCUT2D eigenvalue weighted by atomic mass is 31.2. The van der Waals surface area contributed by atoms with E-state index in [0.717, 1.165) is 22.3 Å². The van der Waals surface area contributed by atoms with Gasteiger partial charge in [0.15, 0.2) is 0 Å². The van der Waals surface area contributed by atoms with Crippen molar-refractivity contribution < 1.29 is 23.2 Å². The third kappa shape index (κ3) is 4.49. The number of phosphoric acid groups is 1. The highest BCUT2D eigenvalue weighted by molar-refractivity contribution is 7.49. The monoisotopic (exact) mass is 398 g/mol. The number of aryl methyl sites for hydroxylation is 4. The van der Waals surface area contributed by atoms with Gasteiger partial charge in [-0.15, -0.1) is 0 Å². The molecule has 0 saturated carbocycles. The zero-order valence-corrected chi connectivity index (χ0v) is 17.2. The first-order chi connectivity index (χ1) is 13.3. The van der Waals surface area contributed by atoms with Crippen LogP contribution in [0.5, 0.6) is 23.0 Å². The lowest BCUT2D eigenvalue weighted by Crippen LogP contribution is -2.10. The number of rotatable bonds is 6. The molecule has 28 heavy (non-hydrogen) atoms. The van der Waals surface area contributed by atoms with Gasteiger partial charge in [-0.3, -0.25) is 0 Å². The molecular formula is C22H23O5P. The van der Waals surface area contributed by atoms with Crippen molar-refractivity contribution in [2.75, 3.05) is 0 Å². The molecule has 1 N–H and O–H groups in total. The molecule has 5 nitrogen and oxygen atoms in total. The van der Waals surface area contributed by atoms with Gasteiger partial charge in [0, 0.05) is 0 Å². The summed E-state index contributed by atoms with van der Waals surface area (Å²) in [5.74, 6) is 1.25. The van der Waals surface area contributed by atoms with Gasteiger partial charge in [0.05, 0.1) is 0 Å². The summed E-state index contributed by atoms with van der Waals surface area (Å²) in [7, 11) is -4.09. The third-order valence-corrected chi connectivity index (χ3v) is 5.52. The summed E-state index contributed by atoms with van der Waals surface area (Å²) < 4.78 is 31.1. The molecule has 0 saturated heterocycles. The average molecular weight is 398 g/mol. The average Bonchev–Trinajstić information content (AvgIpc) is 2.64. The summed E-state index contributed by atoms with van der Waals surface area (Å²) in [4.78, 5) is 0. The second-order valence-electron chi connectivity index (χ2n) is 6.66. The minimum absolute atomic E-state index is 0.0773. The Hall–Kier alpha value is -2.91. The number of aromatic hydroxyl groups is 1. The van der Waals surface area contributed by atoms with Gasteiger partial charge in [-0.25, -0.2) is 0 Å². The van der Waals surface area contributed by atoms with Gasteiger partial charge in [-0.2, -0.15) is 4.57 Å². The van der Waals surface area contributed by atoms with Crippen molar-refractivity contribution in [3.8, 4) is 23.0 Å². The molecule has 3 aromatic carbocycles. The minimum Gasteiger partial charge on any atom is -0.508 e. The lowest BCUT2D eigenvalue weighted by molar-refractivity contribution is 0.295. The zero-order valence-electron chi connectivity index (χ0n) is 16.3. The summed E-state index contributed by atoms with van der Waals surface area (Å²) in [6, 6.07) is 17.2. The lowest BCUT2D eigenvalue weighted by atomic mass is 10.1. The number of hydrogen-bond acceptors (Lipinski definition) is 5. The van der Waals surface area contributed by atoms with E-state index >= 15 is 0 Å². The quantitative estimate of drug-likeness (QED) is 0.496. The van der Waals surface area contributed by atoms with Crippen LogP contribution >= 0.6 is 7.82 Å². The maximum absolute atomic E-state index is 13.7. The van der Waals surface area contributed by atoms with Crippen LogP contribution in [-0.4, -0.2) is 5.11 Å². The third-order valence-electron chi connectivity index (χ3n) is 4.28. The fraction of sp³-hybridized carbons (Fsp3) is 0.182. The molecule has 0 aliphatic heterocycles. The van der Waals surface area contributed by atoms with Crippen LogP contribution < -0.4 is 13.6 Å². The summed E-state index contributed by atoms with van der Waals surface area (Å²) in [6.07, 6.45) is 0. The molecule has 0 bridgehead atoms. The SMILES string of the molecule is Cc1cccc(C)c1OP(=O)(Oc1ccc(O)cc1)Oc1c(C)cccc1C. The number of phosphoric ester groups is 1. The van der Waals surface area contributed by atoms with Crippen LogP contribution in [0, 0.1) is 27.7 Å². The lowest BCUT2D eigenvalue weighted by Gasteiger charge is -2.22. The van der Waals surface area contributed by atoms with E-state index in [1.807, 2.05) is 64.1 Å². The van der Waals surface area contributed by atoms with Crippen molar-refractivity contribution in [3.63, 3.8) is 0 Å². The van der Waals surface area contributed by atoms with E-state index in [4.69, 9.17) is 13.6 Å². The van der Waals surface area contributed by atoms with E-state index in [-0.39, 0.29) is 11.5 Å². The highest BCUT2D eigenvalue weighted by Crippen LogP contribution is 2.52. The fourth-order valence-corrected chi connectivity index (χ4v) is 4.32. The molecular weight excluding hydrogens is 375 g/mol. The number of hydrogen-bond donors (Lipinski definition) is 1. The van der Waals surface area contributed by atoms with Crippen molar-refractivity contribution in [1.82, 2.24) is 0 Å². The predicted molar refractivity (Wildman–Crippen MR) is 109 cm³/mol. The van der Waals surface area contributed by atoms with Gasteiger partial charge in [0.2, 0.25) is 0 Å². The van der Waals surface area contributed by atoms with Gasteiger partial charge in [0.25, 0.3) is 0 Å². The molecule has 3 rings (SSSR count). The van der Waals surface area contributed by atoms with Crippen LogP contribution in [0.25, 0.3) is 0 Å². The van der Waals surface area contributed by atoms with E-state index in [9.17, 15) is 9.67 Å². The first-order valence-electron chi connectivity index (χ1n) is 8.88. The van der Waals surface area contributed by atoms with Gasteiger partial charge >= 0.3 is 7.82 Å². The molecule has 6 heteroatoms. The molecule has 0 aliphatic rings. The van der Waals surface area contributed by atoms with Gasteiger partial charge < -0.3 is 18.7 Å². The van der Waals surface area contributed by atoms with Crippen molar-refractivity contribution >= 4 is 7.82 Å². The molecule has 0 aromatic heterocycles. The smallest absolute Gasteiger partial charge is 0.508 e. The maximum atomic E-state index is 13.7. The summed E-state index contributed by atoms with van der Waals surface area (Å²) in [5.41, 5.74) is 3.28. The zero-order chi connectivity index (χ0) is 20.3. The molecule has 0 aliphatic carbocycles. The Morgan fingerprint density at radius 3 is 1.43 bits per heavy atom. The van der Waals surface area contributed by atoms with Crippen LogP contribution in [0.4, 0.5) is 0 Å². The number of para-hydroxylation sites is 2. The van der Waals surface area contributed by atoms with Crippen LogP contribution in [0.15, 0.2) is 60.7 Å². The predicted octanol–water partition coefficient (Wildman–Crippen LogP) is 6.27. The van der Waals surface area contributed by atoms with Crippen molar-refractivity contribution in [3.05, 3.63) is 82.9 Å². The molecule has 0 atom stereocenters. The normalized spacial score (nSPS) is 11.1. The van der Waals surface area contributed by atoms with Crippen LogP contribution in [0.2, 0.25) is 0 Å². The van der Waals surface area contributed by atoms with Crippen molar-refractivity contribution in [1.29, 1.82) is 0 Å². The first kappa shape index (κ1) is 19.8. The van der Waals surface area contributed by atoms with E-state index < -0.39 is 7.82 Å². The largest absolute Gasteiger partial charge is 0.647 e. The molecule has 3 aromatic rings. The maximum Gasteiger partial charge on any atom is 0.647 e. The number of benzene rings is 3. The van der Waals surface area contributed by atoms with Crippen molar-refractivity contribution in [2.24, 2.45) is 0 Å². The Morgan fingerprint density at radius 1 is 0.643 bits per heavy atom. The molecule has 0 heterocycles. The molecule has 0 unspecified atom stereocenters. The topological polar surface area (TPSA) is 65.0 Å². The summed E-state index contributed by atoms with van der Waals surface area (Å²) in [6.45, 7) is 7.47. The first-order valence-corrected chi connectivity index (χ1v) is 10.3. The van der Waals surface area contributed by atoms with Crippen molar-refractivity contribution in [2.45, 2.75) is 27.7 Å². The minimum atomic E-state index is -4.09. The second kappa shape index (κ2) is 7.99. The Morgan fingerprint density at radius 2 is 1.04 bits per heavy atom. The Labute approximate surface area is 165 Å². The van der Waals surface area contributed by atoms with E-state index in [2.05, 4.69) is 0 Å². The van der Waals surface area contributed by atoms with E-state index in [1.54, 1.807) is 0 Å². The van der Waals surface area contributed by atoms with Crippen LogP contribution in [-0.2, 0) is 4.57 Å². The Balaban J connectivity index is 2.02.